The molecule has 0 unspecified atom stereocenters. The Hall–Kier alpha value is -2.39. The molecule has 0 radical (unpaired) electrons. The summed E-state index contributed by atoms with van der Waals surface area (Å²) in [5, 5.41) is 6.52. The standard InChI is InChI=1S/C16H19N7OS/c1-19-2-3-22(16(19)24)13-6-17-23(11-13)14-9-20(10-14)7-12-8-21-4-5-25-15(21)18-12/h4-6,8,11,14H,2-3,7,9-10H2,1H3. The van der Waals surface area contributed by atoms with Gasteiger partial charge < -0.3 is 4.90 Å². The molecule has 8 nitrogen and oxygen atoms in total. The van der Waals surface area contributed by atoms with E-state index in [9.17, 15) is 4.79 Å². The summed E-state index contributed by atoms with van der Waals surface area (Å²) in [4.78, 5) is 23.6. The first-order chi connectivity index (χ1) is 12.2. The predicted molar refractivity (Wildman–Crippen MR) is 95.0 cm³/mol. The number of amides is 2. The molecule has 2 fully saturated rings. The molecule has 3 aromatic rings. The molecule has 2 saturated heterocycles. The number of likely N-dealkylation sites (N-methyl/N-ethyl adjacent to an activating group) is 1. The molecular formula is C16H19N7OS. The Bertz CT molecular complexity index is 893. The van der Waals surface area contributed by atoms with E-state index in [1.54, 1.807) is 27.3 Å². The third-order valence-electron chi connectivity index (χ3n) is 4.96. The number of fused-ring (bicyclic) bond motifs is 1. The quantitative estimate of drug-likeness (QED) is 0.710. The summed E-state index contributed by atoms with van der Waals surface area (Å²) in [5.74, 6) is 0. The van der Waals surface area contributed by atoms with Gasteiger partial charge >= 0.3 is 6.03 Å². The predicted octanol–water partition coefficient (Wildman–Crippen LogP) is 1.52. The molecular weight excluding hydrogens is 338 g/mol. The lowest BCUT2D eigenvalue weighted by Crippen LogP contribution is -2.47. The normalized spacial score (nSPS) is 19.3. The van der Waals surface area contributed by atoms with E-state index in [0.717, 1.165) is 49.1 Å². The molecule has 5 heterocycles. The topological polar surface area (TPSA) is 61.9 Å². The number of hydrogen-bond acceptors (Lipinski definition) is 5. The highest BCUT2D eigenvalue weighted by Gasteiger charge is 2.31. The summed E-state index contributed by atoms with van der Waals surface area (Å²) >= 11 is 1.66. The summed E-state index contributed by atoms with van der Waals surface area (Å²) < 4.78 is 4.06. The first-order valence-corrected chi connectivity index (χ1v) is 9.25. The van der Waals surface area contributed by atoms with Gasteiger partial charge in [0.1, 0.15) is 0 Å². The van der Waals surface area contributed by atoms with Gasteiger partial charge in [0.2, 0.25) is 0 Å². The highest BCUT2D eigenvalue weighted by Crippen LogP contribution is 2.26. The van der Waals surface area contributed by atoms with Gasteiger partial charge in [-0.15, -0.1) is 11.3 Å². The molecule has 0 aliphatic carbocycles. The van der Waals surface area contributed by atoms with Gasteiger partial charge in [-0.05, 0) is 0 Å². The molecule has 2 amide bonds. The van der Waals surface area contributed by atoms with Crippen LogP contribution in [0.4, 0.5) is 10.5 Å². The van der Waals surface area contributed by atoms with Gasteiger partial charge in [0, 0.05) is 63.7 Å². The van der Waals surface area contributed by atoms with E-state index >= 15 is 0 Å². The Balaban J connectivity index is 1.21. The molecule has 0 aromatic carbocycles. The van der Waals surface area contributed by atoms with Crippen molar-refractivity contribution in [3.8, 4) is 0 Å². The zero-order valence-electron chi connectivity index (χ0n) is 13.9. The second kappa shape index (κ2) is 5.57. The maximum atomic E-state index is 12.1. The Morgan fingerprint density at radius 1 is 1.28 bits per heavy atom. The Morgan fingerprint density at radius 3 is 2.92 bits per heavy atom. The van der Waals surface area contributed by atoms with Gasteiger partial charge in [0.15, 0.2) is 4.96 Å². The number of anilines is 1. The van der Waals surface area contributed by atoms with Crippen molar-refractivity contribution in [1.29, 1.82) is 0 Å². The number of carbonyl (C=O) groups is 1. The minimum Gasteiger partial charge on any atom is -0.326 e. The molecule has 25 heavy (non-hydrogen) atoms. The lowest BCUT2D eigenvalue weighted by atomic mass is 10.1. The van der Waals surface area contributed by atoms with Crippen LogP contribution in [0.2, 0.25) is 0 Å². The van der Waals surface area contributed by atoms with Gasteiger partial charge in [0.05, 0.1) is 23.6 Å². The molecule has 130 valence electrons. The minimum atomic E-state index is 0.0505. The highest BCUT2D eigenvalue weighted by atomic mass is 32.1. The number of imidazole rings is 1. The van der Waals surface area contributed by atoms with Crippen molar-refractivity contribution in [2.45, 2.75) is 12.6 Å². The molecule has 3 aromatic heterocycles. The average molecular weight is 357 g/mol. The van der Waals surface area contributed by atoms with Crippen LogP contribution >= 0.6 is 11.3 Å². The Morgan fingerprint density at radius 2 is 2.16 bits per heavy atom. The SMILES string of the molecule is CN1CCN(c2cnn(C3CN(Cc4cn5ccsc5n4)C3)c2)C1=O. The lowest BCUT2D eigenvalue weighted by molar-refractivity contribution is 0.0897. The van der Waals surface area contributed by atoms with E-state index in [1.807, 2.05) is 29.5 Å². The third-order valence-corrected chi connectivity index (χ3v) is 5.73. The number of likely N-dealkylation sites (tertiary alicyclic amines) is 1. The van der Waals surface area contributed by atoms with Crippen LogP contribution in [-0.2, 0) is 6.54 Å². The van der Waals surface area contributed by atoms with E-state index in [-0.39, 0.29) is 6.03 Å². The van der Waals surface area contributed by atoms with Gasteiger partial charge in [0.25, 0.3) is 0 Å². The van der Waals surface area contributed by atoms with E-state index in [0.29, 0.717) is 6.04 Å². The Labute approximate surface area is 148 Å². The molecule has 9 heteroatoms. The number of carbonyl (C=O) groups excluding carboxylic acids is 1. The zero-order valence-corrected chi connectivity index (χ0v) is 14.8. The van der Waals surface area contributed by atoms with Crippen LogP contribution in [0.5, 0.6) is 0 Å². The maximum absolute atomic E-state index is 12.1. The molecule has 0 bridgehead atoms. The van der Waals surface area contributed by atoms with E-state index < -0.39 is 0 Å². The van der Waals surface area contributed by atoms with Crippen molar-refractivity contribution >= 4 is 28.0 Å². The fourth-order valence-corrected chi connectivity index (χ4v) is 4.19. The molecule has 0 N–H and O–H groups in total. The first-order valence-electron chi connectivity index (χ1n) is 8.37. The van der Waals surface area contributed by atoms with Crippen molar-refractivity contribution in [3.05, 3.63) is 35.9 Å². The zero-order chi connectivity index (χ0) is 17.0. The lowest BCUT2D eigenvalue weighted by Gasteiger charge is -2.38. The maximum Gasteiger partial charge on any atom is 0.324 e. The van der Waals surface area contributed by atoms with E-state index in [4.69, 9.17) is 0 Å². The number of nitrogens with zero attached hydrogens (tertiary/aromatic N) is 7. The van der Waals surface area contributed by atoms with Crippen LogP contribution in [0.25, 0.3) is 4.96 Å². The van der Waals surface area contributed by atoms with Crippen LogP contribution in [0.1, 0.15) is 11.7 Å². The molecule has 0 spiro atoms. The summed E-state index contributed by atoms with van der Waals surface area (Å²) in [5.41, 5.74) is 2.00. The number of hydrogen-bond donors (Lipinski definition) is 0. The van der Waals surface area contributed by atoms with E-state index in [2.05, 4.69) is 25.6 Å². The highest BCUT2D eigenvalue weighted by molar-refractivity contribution is 7.15. The fourth-order valence-electron chi connectivity index (χ4n) is 3.47. The summed E-state index contributed by atoms with van der Waals surface area (Å²) in [6.07, 6.45) is 7.92. The van der Waals surface area contributed by atoms with Gasteiger partial charge in [-0.1, -0.05) is 0 Å². The minimum absolute atomic E-state index is 0.0505. The second-order valence-electron chi connectivity index (χ2n) is 6.71. The van der Waals surface area contributed by atoms with Gasteiger partial charge in [-0.25, -0.2) is 9.78 Å². The molecule has 0 saturated carbocycles. The Kier molecular flexibility index (Phi) is 3.32. The third kappa shape index (κ3) is 2.50. The van der Waals surface area contributed by atoms with Crippen LogP contribution in [0, 0.1) is 0 Å². The van der Waals surface area contributed by atoms with Crippen LogP contribution in [0.15, 0.2) is 30.2 Å². The molecule has 2 aliphatic rings. The van der Waals surface area contributed by atoms with Crippen molar-refractivity contribution in [1.82, 2.24) is 29.0 Å². The summed E-state index contributed by atoms with van der Waals surface area (Å²) in [6.45, 7) is 4.29. The number of thiazole rings is 1. The molecule has 2 aliphatic heterocycles. The van der Waals surface area contributed by atoms with Gasteiger partial charge in [-0.2, -0.15) is 5.10 Å². The molecule has 5 rings (SSSR count). The summed E-state index contributed by atoms with van der Waals surface area (Å²) in [6, 6.07) is 0.419. The van der Waals surface area contributed by atoms with Crippen LogP contribution in [0.3, 0.4) is 0 Å². The molecule has 0 atom stereocenters. The second-order valence-corrected chi connectivity index (χ2v) is 7.58. The fraction of sp³-hybridized carbons (Fsp3) is 0.438. The van der Waals surface area contributed by atoms with Crippen molar-refractivity contribution in [2.24, 2.45) is 0 Å². The number of rotatable bonds is 4. The largest absolute Gasteiger partial charge is 0.326 e. The van der Waals surface area contributed by atoms with Crippen molar-refractivity contribution < 1.29 is 4.79 Å². The monoisotopic (exact) mass is 357 g/mol. The van der Waals surface area contributed by atoms with E-state index in [1.165, 1.54) is 0 Å². The number of aromatic nitrogens is 4. The van der Waals surface area contributed by atoms with Gasteiger partial charge in [-0.3, -0.25) is 18.9 Å². The average Bonchev–Trinajstić information content (AvgIpc) is 3.29. The smallest absolute Gasteiger partial charge is 0.324 e. The van der Waals surface area contributed by atoms with Crippen molar-refractivity contribution in [3.63, 3.8) is 0 Å². The number of urea groups is 1. The first kappa shape index (κ1) is 14.9. The summed E-state index contributed by atoms with van der Waals surface area (Å²) in [7, 11) is 1.83. The van der Waals surface area contributed by atoms with Crippen LogP contribution in [-0.4, -0.2) is 68.2 Å². The van der Waals surface area contributed by atoms with Crippen LogP contribution < -0.4 is 4.90 Å². The van der Waals surface area contributed by atoms with Crippen molar-refractivity contribution in [2.75, 3.05) is 38.1 Å².